The lowest BCUT2D eigenvalue weighted by atomic mass is 10.1. The van der Waals surface area contributed by atoms with Crippen molar-refractivity contribution < 1.29 is 0 Å². The number of hydrogen-bond acceptors (Lipinski definition) is 1. The molecule has 0 aliphatic carbocycles. The number of anilines is 1. The van der Waals surface area contributed by atoms with Gasteiger partial charge < -0.3 is 5.32 Å². The van der Waals surface area contributed by atoms with Crippen molar-refractivity contribution in [1.82, 2.24) is 0 Å². The highest BCUT2D eigenvalue weighted by Crippen LogP contribution is 2.20. The van der Waals surface area contributed by atoms with E-state index >= 15 is 0 Å². The summed E-state index contributed by atoms with van der Waals surface area (Å²) in [6, 6.07) is 15.7. The number of nitrogens with one attached hydrogen (secondary N) is 1. The minimum atomic E-state index is 0.598. The summed E-state index contributed by atoms with van der Waals surface area (Å²) in [6.07, 6.45) is 3.66. The van der Waals surface area contributed by atoms with Crippen LogP contribution in [0.2, 0.25) is 0 Å². The Kier molecular flexibility index (Phi) is 4.03. The Hall–Kier alpha value is -1.50. The highest BCUT2D eigenvalue weighted by Gasteiger charge is 2.04. The third kappa shape index (κ3) is 3.00. The molecule has 17 heavy (non-hydrogen) atoms. The molecule has 0 saturated heterocycles. The number of rotatable bonds is 5. The number of fused-ring (bicyclic) bond motifs is 1. The Morgan fingerprint density at radius 3 is 2.47 bits per heavy atom. The molecule has 1 nitrogen and oxygen atoms in total. The maximum absolute atomic E-state index is 3.62. The lowest BCUT2D eigenvalue weighted by Gasteiger charge is -2.17. The Morgan fingerprint density at radius 2 is 1.76 bits per heavy atom. The van der Waals surface area contributed by atoms with E-state index in [4.69, 9.17) is 0 Å². The van der Waals surface area contributed by atoms with Crippen LogP contribution >= 0.6 is 0 Å². The van der Waals surface area contributed by atoms with Gasteiger partial charge in [-0.05, 0) is 35.7 Å². The van der Waals surface area contributed by atoms with Crippen molar-refractivity contribution in [3.05, 3.63) is 42.5 Å². The van der Waals surface area contributed by atoms with Crippen LogP contribution in [-0.2, 0) is 0 Å². The fourth-order valence-corrected chi connectivity index (χ4v) is 2.24. The SMILES string of the molecule is CCCC(CC)Nc1ccc2ccccc2c1. The van der Waals surface area contributed by atoms with Gasteiger partial charge in [0.1, 0.15) is 0 Å². The first-order valence-corrected chi connectivity index (χ1v) is 6.58. The average molecular weight is 227 g/mol. The summed E-state index contributed by atoms with van der Waals surface area (Å²) >= 11 is 0. The zero-order chi connectivity index (χ0) is 12.1. The second kappa shape index (κ2) is 5.72. The first-order chi connectivity index (χ1) is 8.33. The van der Waals surface area contributed by atoms with Gasteiger partial charge in [-0.15, -0.1) is 0 Å². The molecule has 1 unspecified atom stereocenters. The second-order valence-corrected chi connectivity index (χ2v) is 4.60. The summed E-state index contributed by atoms with van der Waals surface area (Å²) in [5, 5.41) is 6.24. The smallest absolute Gasteiger partial charge is 0.0348 e. The van der Waals surface area contributed by atoms with Crippen molar-refractivity contribution in [3.8, 4) is 0 Å². The number of benzene rings is 2. The molecule has 0 spiro atoms. The molecule has 1 atom stereocenters. The molecule has 0 aliphatic rings. The van der Waals surface area contributed by atoms with Crippen LogP contribution in [0.4, 0.5) is 5.69 Å². The van der Waals surface area contributed by atoms with Gasteiger partial charge in [-0.3, -0.25) is 0 Å². The van der Waals surface area contributed by atoms with Crippen LogP contribution in [0.3, 0.4) is 0 Å². The zero-order valence-corrected chi connectivity index (χ0v) is 10.7. The van der Waals surface area contributed by atoms with Crippen LogP contribution in [0, 0.1) is 0 Å². The first kappa shape index (κ1) is 12.0. The van der Waals surface area contributed by atoms with E-state index in [1.807, 2.05) is 0 Å². The monoisotopic (exact) mass is 227 g/mol. The standard InChI is InChI=1S/C16H21N/c1-3-7-15(4-2)17-16-11-10-13-8-5-6-9-14(13)12-16/h5-6,8-12,15,17H,3-4,7H2,1-2H3. The van der Waals surface area contributed by atoms with E-state index < -0.39 is 0 Å². The van der Waals surface area contributed by atoms with Gasteiger partial charge in [0.25, 0.3) is 0 Å². The minimum absolute atomic E-state index is 0.598. The molecule has 2 rings (SSSR count). The van der Waals surface area contributed by atoms with E-state index in [9.17, 15) is 0 Å². The third-order valence-corrected chi connectivity index (χ3v) is 3.25. The third-order valence-electron chi connectivity index (χ3n) is 3.25. The first-order valence-electron chi connectivity index (χ1n) is 6.58. The molecule has 0 fully saturated rings. The summed E-state index contributed by atoms with van der Waals surface area (Å²) in [7, 11) is 0. The molecular formula is C16H21N. The van der Waals surface area contributed by atoms with Crippen LogP contribution < -0.4 is 5.32 Å². The maximum atomic E-state index is 3.62. The normalized spacial score (nSPS) is 12.6. The van der Waals surface area contributed by atoms with Gasteiger partial charge in [-0.25, -0.2) is 0 Å². The van der Waals surface area contributed by atoms with Gasteiger partial charge >= 0.3 is 0 Å². The van der Waals surface area contributed by atoms with E-state index in [-0.39, 0.29) is 0 Å². The molecule has 2 aromatic carbocycles. The molecule has 0 amide bonds. The molecule has 90 valence electrons. The van der Waals surface area contributed by atoms with Crippen molar-refractivity contribution in [2.24, 2.45) is 0 Å². The van der Waals surface area contributed by atoms with Crippen LogP contribution in [-0.4, -0.2) is 6.04 Å². The molecular weight excluding hydrogens is 206 g/mol. The van der Waals surface area contributed by atoms with Gasteiger partial charge in [0, 0.05) is 11.7 Å². The van der Waals surface area contributed by atoms with Crippen molar-refractivity contribution in [2.75, 3.05) is 5.32 Å². The average Bonchev–Trinajstić information content (AvgIpc) is 2.38. The van der Waals surface area contributed by atoms with Crippen molar-refractivity contribution in [3.63, 3.8) is 0 Å². The van der Waals surface area contributed by atoms with Crippen LogP contribution in [0.5, 0.6) is 0 Å². The van der Waals surface area contributed by atoms with Gasteiger partial charge in [-0.1, -0.05) is 50.6 Å². The largest absolute Gasteiger partial charge is 0.382 e. The molecule has 1 N–H and O–H groups in total. The van der Waals surface area contributed by atoms with Crippen LogP contribution in [0.1, 0.15) is 33.1 Å². The van der Waals surface area contributed by atoms with Gasteiger partial charge in [0.05, 0.1) is 0 Å². The number of hydrogen-bond donors (Lipinski definition) is 1. The quantitative estimate of drug-likeness (QED) is 0.771. The predicted molar refractivity (Wildman–Crippen MR) is 76.6 cm³/mol. The molecule has 0 heterocycles. The Bertz CT molecular complexity index is 476. The zero-order valence-electron chi connectivity index (χ0n) is 10.7. The molecule has 1 heteroatoms. The summed E-state index contributed by atoms with van der Waals surface area (Å²) < 4.78 is 0. The topological polar surface area (TPSA) is 12.0 Å². The summed E-state index contributed by atoms with van der Waals surface area (Å²) in [6.45, 7) is 4.49. The molecule has 2 aromatic rings. The maximum Gasteiger partial charge on any atom is 0.0348 e. The molecule has 0 saturated carbocycles. The van der Waals surface area contributed by atoms with Crippen LogP contribution in [0.25, 0.3) is 10.8 Å². The van der Waals surface area contributed by atoms with Crippen molar-refractivity contribution in [1.29, 1.82) is 0 Å². The Morgan fingerprint density at radius 1 is 1.00 bits per heavy atom. The van der Waals surface area contributed by atoms with E-state index in [1.54, 1.807) is 0 Å². The predicted octanol–water partition coefficient (Wildman–Crippen LogP) is 4.83. The lowest BCUT2D eigenvalue weighted by molar-refractivity contribution is 0.623. The van der Waals surface area contributed by atoms with E-state index in [1.165, 1.54) is 35.7 Å². The van der Waals surface area contributed by atoms with Gasteiger partial charge in [0.15, 0.2) is 0 Å². The fraction of sp³-hybridized carbons (Fsp3) is 0.375. The van der Waals surface area contributed by atoms with Crippen molar-refractivity contribution in [2.45, 2.75) is 39.2 Å². The molecule has 0 bridgehead atoms. The molecule has 0 aliphatic heterocycles. The highest BCUT2D eigenvalue weighted by atomic mass is 14.9. The highest BCUT2D eigenvalue weighted by molar-refractivity contribution is 5.85. The molecule has 0 radical (unpaired) electrons. The van der Waals surface area contributed by atoms with Crippen LogP contribution in [0.15, 0.2) is 42.5 Å². The minimum Gasteiger partial charge on any atom is -0.382 e. The van der Waals surface area contributed by atoms with E-state index in [0.717, 1.165) is 0 Å². The molecule has 0 aromatic heterocycles. The fourth-order valence-electron chi connectivity index (χ4n) is 2.24. The Labute approximate surface area is 104 Å². The summed E-state index contributed by atoms with van der Waals surface area (Å²) in [5.41, 5.74) is 1.24. The summed E-state index contributed by atoms with van der Waals surface area (Å²) in [4.78, 5) is 0. The van der Waals surface area contributed by atoms with Crippen molar-refractivity contribution >= 4 is 16.5 Å². The van der Waals surface area contributed by atoms with E-state index in [2.05, 4.69) is 61.6 Å². The lowest BCUT2D eigenvalue weighted by Crippen LogP contribution is -2.17. The Balaban J connectivity index is 2.18. The van der Waals surface area contributed by atoms with E-state index in [0.29, 0.717) is 6.04 Å². The summed E-state index contributed by atoms with van der Waals surface area (Å²) in [5.74, 6) is 0. The van der Waals surface area contributed by atoms with Gasteiger partial charge in [-0.2, -0.15) is 0 Å². The van der Waals surface area contributed by atoms with Gasteiger partial charge in [0.2, 0.25) is 0 Å². The second-order valence-electron chi connectivity index (χ2n) is 4.60.